The lowest BCUT2D eigenvalue weighted by Gasteiger charge is -2.39. The zero-order valence-electron chi connectivity index (χ0n) is 32.2. The fourth-order valence-electron chi connectivity index (χ4n) is 5.33. The van der Waals surface area contributed by atoms with Crippen molar-refractivity contribution in [3.8, 4) is 11.5 Å². The molecule has 1 heterocycles. The summed E-state index contributed by atoms with van der Waals surface area (Å²) in [6.45, 7) is 25.7. The van der Waals surface area contributed by atoms with Crippen molar-refractivity contribution in [2.24, 2.45) is 0 Å². The van der Waals surface area contributed by atoms with Crippen molar-refractivity contribution < 1.29 is 37.5 Å². The molecule has 0 bridgehead atoms. The summed E-state index contributed by atoms with van der Waals surface area (Å²) in [4.78, 5) is 54.4. The van der Waals surface area contributed by atoms with Crippen molar-refractivity contribution in [3.05, 3.63) is 59.7 Å². The molecule has 0 saturated heterocycles. The minimum absolute atomic E-state index is 0.0212. The van der Waals surface area contributed by atoms with Crippen LogP contribution in [0.25, 0.3) is 6.08 Å². The van der Waals surface area contributed by atoms with Crippen molar-refractivity contribution in [1.82, 2.24) is 0 Å². The maximum atomic E-state index is 14.4. The lowest BCUT2D eigenvalue weighted by Crippen LogP contribution is -2.45. The van der Waals surface area contributed by atoms with Crippen LogP contribution in [-0.4, -0.2) is 53.6 Å². The van der Waals surface area contributed by atoms with Crippen molar-refractivity contribution in [2.45, 2.75) is 123 Å². The van der Waals surface area contributed by atoms with Crippen molar-refractivity contribution in [3.63, 3.8) is 0 Å². The molecule has 9 nitrogen and oxygen atoms in total. The van der Waals surface area contributed by atoms with Crippen molar-refractivity contribution >= 4 is 52.2 Å². The third-order valence-corrected chi connectivity index (χ3v) is 19.0. The van der Waals surface area contributed by atoms with Crippen molar-refractivity contribution in [1.29, 1.82) is 0 Å². The Bertz CT molecular complexity index is 1580. The zero-order chi connectivity index (χ0) is 37.7. The van der Waals surface area contributed by atoms with Gasteiger partial charge in [0.25, 0.3) is 22.5 Å². The number of anilines is 1. The summed E-state index contributed by atoms with van der Waals surface area (Å²) < 4.78 is 23.8. The lowest BCUT2D eigenvalue weighted by molar-refractivity contribution is -0.143. The molecule has 274 valence electrons. The highest BCUT2D eigenvalue weighted by Gasteiger charge is 2.52. The molecule has 0 aliphatic carbocycles. The molecule has 11 heteroatoms. The van der Waals surface area contributed by atoms with Crippen LogP contribution in [-0.2, 0) is 34.1 Å². The summed E-state index contributed by atoms with van der Waals surface area (Å²) in [6.07, 6.45) is 3.12. The van der Waals surface area contributed by atoms with Gasteiger partial charge in [-0.25, -0.2) is 4.90 Å². The Morgan fingerprint density at radius 3 is 1.76 bits per heavy atom. The van der Waals surface area contributed by atoms with Gasteiger partial charge in [-0.05, 0) is 98.4 Å². The summed E-state index contributed by atoms with van der Waals surface area (Å²) >= 11 is 0. The molecule has 0 spiro atoms. The van der Waals surface area contributed by atoms with E-state index in [1.165, 1.54) is 6.08 Å². The second kappa shape index (κ2) is 15.7. The molecule has 2 amide bonds. The molecule has 0 saturated carbocycles. The molecule has 2 aromatic rings. The number of benzene rings is 2. The quantitative estimate of drug-likeness (QED) is 0.108. The highest BCUT2D eigenvalue weighted by atomic mass is 28.4. The first kappa shape index (κ1) is 40.7. The number of fused-ring (bicyclic) bond motifs is 1. The molecule has 0 N–H and O–H groups in total. The monoisotopic (exact) mass is 723 g/mol. The molecular weight excluding hydrogens is 667 g/mol. The van der Waals surface area contributed by atoms with E-state index in [0.717, 1.165) is 4.90 Å². The third-order valence-electron chi connectivity index (χ3n) is 10.3. The highest BCUT2D eigenvalue weighted by molar-refractivity contribution is 6.75. The number of carbonyl (C=O) groups is 4. The van der Waals surface area contributed by atoms with E-state index in [9.17, 15) is 19.2 Å². The van der Waals surface area contributed by atoms with Gasteiger partial charge in [0.05, 0.1) is 24.3 Å². The first-order valence-corrected chi connectivity index (χ1v) is 23.4. The molecule has 3 rings (SSSR count). The minimum Gasteiger partial charge on any atom is -0.541 e. The topological polar surface area (TPSA) is 108 Å². The zero-order valence-corrected chi connectivity index (χ0v) is 34.2. The van der Waals surface area contributed by atoms with E-state index in [4.69, 9.17) is 18.3 Å². The Kier molecular flexibility index (Phi) is 12.8. The molecule has 1 aliphatic heterocycles. The highest BCUT2D eigenvalue weighted by Crippen LogP contribution is 2.48. The Hall–Kier alpha value is -3.71. The SMILES string of the molecule is CCOC(=O)CCC1(CCC(=O)OCC)C(=O)N(C(=O)C=Cc2ccc(O[Si](C)(C)C(C)(C)C)c(O[Si](C)(C)C(C)(C)C)c2)c2ccccc21. The largest absolute Gasteiger partial charge is 0.541 e. The predicted octanol–water partition coefficient (Wildman–Crippen LogP) is 8.97. The van der Waals surface area contributed by atoms with E-state index in [1.54, 1.807) is 44.2 Å². The van der Waals surface area contributed by atoms with E-state index in [2.05, 4.69) is 67.7 Å². The molecule has 1 aliphatic rings. The van der Waals surface area contributed by atoms with Crippen LogP contribution in [0.2, 0.25) is 36.3 Å². The van der Waals surface area contributed by atoms with Crippen LogP contribution in [0.3, 0.4) is 0 Å². The molecule has 2 aromatic carbocycles. The van der Waals surface area contributed by atoms with Crippen LogP contribution >= 0.6 is 0 Å². The van der Waals surface area contributed by atoms with Gasteiger partial charge in [0.15, 0.2) is 0 Å². The molecular formula is C39H57NO8Si2. The Morgan fingerprint density at radius 1 is 0.760 bits per heavy atom. The molecule has 0 fully saturated rings. The smallest absolute Gasteiger partial charge is 0.305 e. The molecule has 50 heavy (non-hydrogen) atoms. The molecule has 0 unspecified atom stereocenters. The number of carbonyl (C=O) groups excluding carboxylic acids is 4. The number of nitrogens with zero attached hydrogens (tertiary/aromatic N) is 1. The third kappa shape index (κ3) is 9.14. The second-order valence-corrected chi connectivity index (χ2v) is 25.4. The molecule has 0 aromatic heterocycles. The predicted molar refractivity (Wildman–Crippen MR) is 203 cm³/mol. The van der Waals surface area contributed by atoms with E-state index >= 15 is 0 Å². The summed E-state index contributed by atoms with van der Waals surface area (Å²) in [5, 5.41) is -0.0771. The standard InChI is InChI=1S/C39H57NO8Si2/c1-13-45-34(42)23-25-39(26-24-35(43)46-14-2)29-17-15-16-18-30(29)40(36(39)44)33(41)22-20-28-19-21-31(47-49(9,10)37(3,4)5)32(27-28)48-50(11,12)38(6,7)8/h15-22,27H,13-14,23-26H2,1-12H3. The molecule has 0 atom stereocenters. The number of esters is 2. The number of imide groups is 1. The number of hydrogen-bond donors (Lipinski definition) is 0. The normalized spacial score (nSPS) is 14.8. The first-order valence-electron chi connectivity index (χ1n) is 17.6. The second-order valence-electron chi connectivity index (χ2n) is 16.0. The summed E-state index contributed by atoms with van der Waals surface area (Å²) in [6, 6.07) is 12.7. The summed E-state index contributed by atoms with van der Waals surface area (Å²) in [7, 11) is -4.47. The fraction of sp³-hybridized carbons (Fsp3) is 0.538. The summed E-state index contributed by atoms with van der Waals surface area (Å²) in [5.74, 6) is -0.603. The first-order chi connectivity index (χ1) is 23.1. The maximum Gasteiger partial charge on any atom is 0.305 e. The van der Waals surface area contributed by atoms with Gasteiger partial charge in [-0.1, -0.05) is 65.8 Å². The van der Waals surface area contributed by atoms with E-state index in [-0.39, 0.29) is 49.0 Å². The van der Waals surface area contributed by atoms with Gasteiger partial charge in [0.2, 0.25) is 5.91 Å². The van der Waals surface area contributed by atoms with Gasteiger partial charge < -0.3 is 18.3 Å². The van der Waals surface area contributed by atoms with Crippen LogP contribution in [0.5, 0.6) is 11.5 Å². The number of para-hydroxylation sites is 1. The van der Waals surface area contributed by atoms with Gasteiger partial charge in [-0.2, -0.15) is 0 Å². The van der Waals surface area contributed by atoms with Gasteiger partial charge in [-0.3, -0.25) is 19.2 Å². The minimum atomic E-state index is -2.27. The van der Waals surface area contributed by atoms with E-state index < -0.39 is 45.8 Å². The van der Waals surface area contributed by atoms with E-state index in [1.807, 2.05) is 18.2 Å². The Labute approximate surface area is 301 Å². The summed E-state index contributed by atoms with van der Waals surface area (Å²) in [5.41, 5.74) is 0.454. The van der Waals surface area contributed by atoms with E-state index in [0.29, 0.717) is 28.3 Å². The number of rotatable bonds is 14. The van der Waals surface area contributed by atoms with Crippen LogP contribution in [0, 0.1) is 0 Å². The Balaban J connectivity index is 2.03. The van der Waals surface area contributed by atoms with Crippen LogP contribution in [0.4, 0.5) is 5.69 Å². The van der Waals surface area contributed by atoms with Gasteiger partial charge in [0, 0.05) is 18.9 Å². The van der Waals surface area contributed by atoms with Gasteiger partial charge in [0.1, 0.15) is 11.5 Å². The molecule has 0 radical (unpaired) electrons. The lowest BCUT2D eigenvalue weighted by atomic mass is 9.74. The number of amides is 2. The van der Waals surface area contributed by atoms with Crippen molar-refractivity contribution in [2.75, 3.05) is 18.1 Å². The average Bonchev–Trinajstić information content (AvgIpc) is 3.25. The number of ether oxygens (including phenoxy) is 2. The fourth-order valence-corrected chi connectivity index (χ4v) is 7.37. The van der Waals surface area contributed by atoms with Crippen LogP contribution < -0.4 is 13.8 Å². The van der Waals surface area contributed by atoms with Crippen LogP contribution in [0.1, 0.15) is 92.2 Å². The van der Waals surface area contributed by atoms with Gasteiger partial charge in [-0.15, -0.1) is 0 Å². The Morgan fingerprint density at radius 2 is 1.26 bits per heavy atom. The number of hydrogen-bond acceptors (Lipinski definition) is 8. The van der Waals surface area contributed by atoms with Crippen LogP contribution in [0.15, 0.2) is 48.5 Å². The maximum absolute atomic E-state index is 14.4. The van der Waals surface area contributed by atoms with Gasteiger partial charge >= 0.3 is 11.9 Å². The average molecular weight is 724 g/mol.